The molecule has 2 rings (SSSR count). The molecule has 1 aliphatic carbocycles. The molecule has 114 valence electrons. The minimum atomic E-state index is 0.285. The molecule has 0 saturated heterocycles. The van der Waals surface area contributed by atoms with Gasteiger partial charge < -0.3 is 10.1 Å². The van der Waals surface area contributed by atoms with Crippen molar-refractivity contribution in [1.29, 1.82) is 0 Å². The van der Waals surface area contributed by atoms with Crippen molar-refractivity contribution in [3.63, 3.8) is 0 Å². The van der Waals surface area contributed by atoms with E-state index in [-0.39, 0.29) is 5.41 Å². The highest BCUT2D eigenvalue weighted by Crippen LogP contribution is 2.47. The second-order valence-electron chi connectivity index (χ2n) is 6.57. The van der Waals surface area contributed by atoms with Gasteiger partial charge >= 0.3 is 0 Å². The van der Waals surface area contributed by atoms with E-state index in [1.165, 1.54) is 37.8 Å². The van der Waals surface area contributed by atoms with Gasteiger partial charge in [0.05, 0.1) is 25.0 Å². The fraction of sp³-hybridized carbons (Fsp3) is 0.812. The van der Waals surface area contributed by atoms with Crippen LogP contribution in [0.5, 0.6) is 5.75 Å². The van der Waals surface area contributed by atoms with Gasteiger partial charge in [0.15, 0.2) is 5.75 Å². The molecule has 0 aliphatic heterocycles. The third-order valence-corrected chi connectivity index (χ3v) is 4.76. The molecule has 4 heteroatoms. The standard InChI is InChI=1S/C16H29N3O/c1-12(2)19-14(13(20-5)11-18-19)15(17-4)16(3)9-7-6-8-10-16/h11-12,15,17H,6-10H2,1-5H3. The Bertz CT molecular complexity index is 433. The summed E-state index contributed by atoms with van der Waals surface area (Å²) in [4.78, 5) is 0. The van der Waals surface area contributed by atoms with Crippen molar-refractivity contribution in [2.24, 2.45) is 5.41 Å². The van der Waals surface area contributed by atoms with E-state index in [0.717, 1.165) is 5.75 Å². The molecule has 1 unspecified atom stereocenters. The van der Waals surface area contributed by atoms with E-state index in [1.54, 1.807) is 7.11 Å². The third-order valence-electron chi connectivity index (χ3n) is 4.76. The van der Waals surface area contributed by atoms with Crippen molar-refractivity contribution in [3.8, 4) is 5.75 Å². The zero-order chi connectivity index (χ0) is 14.8. The smallest absolute Gasteiger partial charge is 0.161 e. The van der Waals surface area contributed by atoms with E-state index < -0.39 is 0 Å². The van der Waals surface area contributed by atoms with Crippen molar-refractivity contribution < 1.29 is 4.74 Å². The van der Waals surface area contributed by atoms with Crippen molar-refractivity contribution in [2.75, 3.05) is 14.2 Å². The summed E-state index contributed by atoms with van der Waals surface area (Å²) in [5.41, 5.74) is 1.49. The maximum absolute atomic E-state index is 5.57. The molecular weight excluding hydrogens is 250 g/mol. The number of hydrogen-bond acceptors (Lipinski definition) is 3. The molecule has 1 aromatic heterocycles. The van der Waals surface area contributed by atoms with Gasteiger partial charge in [0.25, 0.3) is 0 Å². The highest BCUT2D eigenvalue weighted by Gasteiger charge is 2.39. The van der Waals surface area contributed by atoms with E-state index in [0.29, 0.717) is 12.1 Å². The van der Waals surface area contributed by atoms with Gasteiger partial charge in [0, 0.05) is 6.04 Å². The number of hydrogen-bond donors (Lipinski definition) is 1. The predicted octanol–water partition coefficient (Wildman–Crippen LogP) is 3.70. The molecule has 0 amide bonds. The predicted molar refractivity (Wildman–Crippen MR) is 82.2 cm³/mol. The van der Waals surface area contributed by atoms with Crippen LogP contribution in [0.1, 0.15) is 70.7 Å². The van der Waals surface area contributed by atoms with Gasteiger partial charge in [-0.2, -0.15) is 5.10 Å². The van der Waals surface area contributed by atoms with Crippen LogP contribution in [0.3, 0.4) is 0 Å². The van der Waals surface area contributed by atoms with Gasteiger partial charge in [0.2, 0.25) is 0 Å². The first-order chi connectivity index (χ1) is 9.53. The zero-order valence-electron chi connectivity index (χ0n) is 13.6. The number of rotatable bonds is 5. The lowest BCUT2D eigenvalue weighted by Crippen LogP contribution is -2.38. The minimum absolute atomic E-state index is 0.285. The summed E-state index contributed by atoms with van der Waals surface area (Å²) in [6, 6.07) is 0.639. The van der Waals surface area contributed by atoms with Crippen LogP contribution in [0.15, 0.2) is 6.20 Å². The number of methoxy groups -OCH3 is 1. The molecule has 1 fully saturated rings. The summed E-state index contributed by atoms with van der Waals surface area (Å²) in [7, 11) is 3.79. The van der Waals surface area contributed by atoms with Crippen LogP contribution in [0, 0.1) is 5.41 Å². The Kier molecular flexibility index (Phi) is 4.74. The van der Waals surface area contributed by atoms with Crippen LogP contribution < -0.4 is 10.1 Å². The van der Waals surface area contributed by atoms with Crippen LogP contribution in [-0.4, -0.2) is 23.9 Å². The van der Waals surface area contributed by atoms with Crippen LogP contribution in [0.25, 0.3) is 0 Å². The normalized spacial score (nSPS) is 20.1. The molecule has 1 heterocycles. The molecular formula is C16H29N3O. The first-order valence-electron chi connectivity index (χ1n) is 7.82. The van der Waals surface area contributed by atoms with Gasteiger partial charge in [-0.15, -0.1) is 0 Å². The number of ether oxygens (including phenoxy) is 1. The highest BCUT2D eigenvalue weighted by atomic mass is 16.5. The molecule has 1 saturated carbocycles. The maximum atomic E-state index is 5.57. The van der Waals surface area contributed by atoms with E-state index in [9.17, 15) is 0 Å². The minimum Gasteiger partial charge on any atom is -0.493 e. The van der Waals surface area contributed by atoms with Gasteiger partial charge in [-0.3, -0.25) is 4.68 Å². The van der Waals surface area contributed by atoms with Crippen molar-refractivity contribution >= 4 is 0 Å². The van der Waals surface area contributed by atoms with E-state index in [4.69, 9.17) is 4.74 Å². The van der Waals surface area contributed by atoms with Gasteiger partial charge in [-0.25, -0.2) is 0 Å². The second kappa shape index (κ2) is 6.17. The zero-order valence-corrected chi connectivity index (χ0v) is 13.6. The average molecular weight is 279 g/mol. The summed E-state index contributed by atoms with van der Waals surface area (Å²) in [5.74, 6) is 0.907. The quantitative estimate of drug-likeness (QED) is 0.893. The molecule has 20 heavy (non-hydrogen) atoms. The molecule has 1 atom stereocenters. The average Bonchev–Trinajstić information content (AvgIpc) is 2.84. The summed E-state index contributed by atoms with van der Waals surface area (Å²) < 4.78 is 7.68. The van der Waals surface area contributed by atoms with Crippen molar-refractivity contribution in [3.05, 3.63) is 11.9 Å². The summed E-state index contributed by atoms with van der Waals surface area (Å²) in [5, 5.41) is 8.08. The summed E-state index contributed by atoms with van der Waals surface area (Å²) in [6.07, 6.45) is 8.41. The van der Waals surface area contributed by atoms with Gasteiger partial charge in [-0.1, -0.05) is 26.2 Å². The Morgan fingerprint density at radius 3 is 2.45 bits per heavy atom. The summed E-state index contributed by atoms with van der Waals surface area (Å²) >= 11 is 0. The molecule has 0 bridgehead atoms. The topological polar surface area (TPSA) is 39.1 Å². The van der Waals surface area contributed by atoms with E-state index >= 15 is 0 Å². The Labute approximate surface area is 122 Å². The number of nitrogens with zero attached hydrogens (tertiary/aromatic N) is 2. The molecule has 1 aromatic rings. The van der Waals surface area contributed by atoms with Gasteiger partial charge in [0.1, 0.15) is 0 Å². The molecule has 4 nitrogen and oxygen atoms in total. The maximum Gasteiger partial charge on any atom is 0.161 e. The SMILES string of the molecule is CNC(c1c(OC)cnn1C(C)C)C1(C)CCCCC1. The van der Waals surface area contributed by atoms with Gasteiger partial charge in [-0.05, 0) is 39.2 Å². The van der Waals surface area contributed by atoms with Crippen molar-refractivity contribution in [2.45, 2.75) is 65.0 Å². The molecule has 1 aliphatic rings. The lowest BCUT2D eigenvalue weighted by atomic mass is 9.69. The van der Waals surface area contributed by atoms with Crippen LogP contribution >= 0.6 is 0 Å². The highest BCUT2D eigenvalue weighted by molar-refractivity contribution is 5.30. The van der Waals surface area contributed by atoms with Crippen LogP contribution in [0.4, 0.5) is 0 Å². The fourth-order valence-electron chi connectivity index (χ4n) is 3.66. The fourth-order valence-corrected chi connectivity index (χ4v) is 3.66. The number of aromatic nitrogens is 2. The molecule has 0 aromatic carbocycles. The van der Waals surface area contributed by atoms with E-state index in [2.05, 4.69) is 42.9 Å². The third kappa shape index (κ3) is 2.71. The second-order valence-corrected chi connectivity index (χ2v) is 6.57. The Balaban J connectivity index is 2.42. The Hall–Kier alpha value is -1.03. The first-order valence-corrected chi connectivity index (χ1v) is 7.82. The monoisotopic (exact) mass is 279 g/mol. The van der Waals surface area contributed by atoms with Crippen molar-refractivity contribution in [1.82, 2.24) is 15.1 Å². The lowest BCUT2D eigenvalue weighted by Gasteiger charge is -2.41. The van der Waals surface area contributed by atoms with E-state index in [1.807, 2.05) is 6.20 Å². The molecule has 1 N–H and O–H groups in total. The molecule has 0 spiro atoms. The molecule has 0 radical (unpaired) electrons. The van der Waals surface area contributed by atoms with Crippen LogP contribution in [0.2, 0.25) is 0 Å². The lowest BCUT2D eigenvalue weighted by molar-refractivity contribution is 0.140. The Morgan fingerprint density at radius 2 is 1.95 bits per heavy atom. The largest absolute Gasteiger partial charge is 0.493 e. The van der Waals surface area contributed by atoms with Crippen LogP contribution in [-0.2, 0) is 0 Å². The summed E-state index contributed by atoms with van der Waals surface area (Å²) in [6.45, 7) is 6.75. The number of nitrogens with one attached hydrogen (secondary N) is 1. The Morgan fingerprint density at radius 1 is 1.30 bits per heavy atom. The first kappa shape index (κ1) is 15.4.